The molecule has 0 spiro atoms. The number of rotatable bonds is 6. The predicted octanol–water partition coefficient (Wildman–Crippen LogP) is 3.20. The number of thioether (sulfide) groups is 2. The molecule has 2 nitrogen and oxygen atoms in total. The highest BCUT2D eigenvalue weighted by Crippen LogP contribution is 2.29. The van der Waals surface area contributed by atoms with Crippen molar-refractivity contribution in [1.82, 2.24) is 5.32 Å². The fourth-order valence-corrected chi connectivity index (χ4v) is 5.33. The Labute approximate surface area is 129 Å². The largest absolute Gasteiger partial charge is 0.494 e. The number of nitrogens with one attached hydrogen (secondary N) is 1. The molecule has 2 rings (SSSR count). The van der Waals surface area contributed by atoms with E-state index in [2.05, 4.69) is 12.2 Å². The zero-order chi connectivity index (χ0) is 14.4. The molecule has 1 N–H and O–H groups in total. The van der Waals surface area contributed by atoms with Crippen molar-refractivity contribution < 1.29 is 9.13 Å². The molecule has 2 atom stereocenters. The highest BCUT2D eigenvalue weighted by molar-refractivity contribution is 8.06. The summed E-state index contributed by atoms with van der Waals surface area (Å²) in [6, 6.07) is 5.72. The van der Waals surface area contributed by atoms with Crippen LogP contribution in [0.2, 0.25) is 0 Å². The number of ether oxygens (including phenoxy) is 1. The molecular weight excluding hydrogens is 293 g/mol. The molecule has 0 radical (unpaired) electrons. The molecule has 0 aliphatic carbocycles. The van der Waals surface area contributed by atoms with Gasteiger partial charge in [-0.25, -0.2) is 4.39 Å². The van der Waals surface area contributed by atoms with Crippen molar-refractivity contribution in [2.75, 3.05) is 30.9 Å². The van der Waals surface area contributed by atoms with Crippen LogP contribution in [-0.2, 0) is 6.42 Å². The van der Waals surface area contributed by atoms with Crippen LogP contribution in [0.25, 0.3) is 0 Å². The Morgan fingerprint density at radius 3 is 2.95 bits per heavy atom. The normalized spacial score (nSPS) is 20.6. The third-order valence-corrected chi connectivity index (χ3v) is 6.38. The second-order valence-corrected chi connectivity index (χ2v) is 7.28. The van der Waals surface area contributed by atoms with E-state index in [9.17, 15) is 4.39 Å². The molecule has 20 heavy (non-hydrogen) atoms. The molecule has 0 aromatic heterocycles. The van der Waals surface area contributed by atoms with Crippen LogP contribution in [0.1, 0.15) is 12.5 Å². The lowest BCUT2D eigenvalue weighted by molar-refractivity contribution is 0.382. The van der Waals surface area contributed by atoms with Crippen LogP contribution in [-0.4, -0.2) is 42.2 Å². The van der Waals surface area contributed by atoms with Gasteiger partial charge < -0.3 is 10.1 Å². The average molecular weight is 315 g/mol. The van der Waals surface area contributed by atoms with Crippen LogP contribution in [0.3, 0.4) is 0 Å². The molecule has 1 heterocycles. The van der Waals surface area contributed by atoms with Gasteiger partial charge in [0.05, 0.1) is 7.11 Å². The smallest absolute Gasteiger partial charge is 0.168 e. The maximum absolute atomic E-state index is 14.3. The zero-order valence-electron chi connectivity index (χ0n) is 12.0. The Morgan fingerprint density at radius 1 is 1.45 bits per heavy atom. The first-order valence-corrected chi connectivity index (χ1v) is 9.20. The molecule has 0 bridgehead atoms. The van der Waals surface area contributed by atoms with Gasteiger partial charge in [-0.1, -0.05) is 19.1 Å². The van der Waals surface area contributed by atoms with E-state index in [1.807, 2.05) is 35.7 Å². The lowest BCUT2D eigenvalue weighted by atomic mass is 10.0. The predicted molar refractivity (Wildman–Crippen MR) is 87.7 cm³/mol. The summed E-state index contributed by atoms with van der Waals surface area (Å²) in [7, 11) is 1.51. The minimum Gasteiger partial charge on any atom is -0.494 e. The molecule has 5 heteroatoms. The van der Waals surface area contributed by atoms with E-state index in [0.717, 1.165) is 24.3 Å². The van der Waals surface area contributed by atoms with E-state index < -0.39 is 0 Å². The molecule has 1 saturated heterocycles. The van der Waals surface area contributed by atoms with Gasteiger partial charge in [0.25, 0.3) is 0 Å². The SMILES string of the molecule is CCNC(Cc1cccc(OC)c1F)C1CSCCS1. The van der Waals surface area contributed by atoms with Gasteiger partial charge >= 0.3 is 0 Å². The monoisotopic (exact) mass is 315 g/mol. The Kier molecular flexibility index (Phi) is 6.52. The molecule has 2 unspecified atom stereocenters. The van der Waals surface area contributed by atoms with Crippen LogP contribution in [0, 0.1) is 5.82 Å². The van der Waals surface area contributed by atoms with Crippen molar-refractivity contribution in [2.45, 2.75) is 24.6 Å². The van der Waals surface area contributed by atoms with Crippen molar-refractivity contribution in [3.05, 3.63) is 29.6 Å². The van der Waals surface area contributed by atoms with Gasteiger partial charge in [0.2, 0.25) is 0 Å². The van der Waals surface area contributed by atoms with E-state index in [-0.39, 0.29) is 5.82 Å². The van der Waals surface area contributed by atoms with Gasteiger partial charge in [-0.2, -0.15) is 23.5 Å². The van der Waals surface area contributed by atoms with Gasteiger partial charge in [0.1, 0.15) is 0 Å². The summed E-state index contributed by atoms with van der Waals surface area (Å²) in [5.41, 5.74) is 0.742. The van der Waals surface area contributed by atoms with Crippen molar-refractivity contribution >= 4 is 23.5 Å². The number of hydrogen-bond acceptors (Lipinski definition) is 4. The second kappa shape index (κ2) is 8.15. The summed E-state index contributed by atoms with van der Waals surface area (Å²) in [4.78, 5) is 0. The van der Waals surface area contributed by atoms with Crippen molar-refractivity contribution in [3.63, 3.8) is 0 Å². The average Bonchev–Trinajstić information content (AvgIpc) is 2.49. The quantitative estimate of drug-likeness (QED) is 0.870. The summed E-state index contributed by atoms with van der Waals surface area (Å²) >= 11 is 4.01. The molecular formula is C15H22FNOS2. The number of likely N-dealkylation sites (N-methyl/N-ethyl adjacent to an activating group) is 1. The summed E-state index contributed by atoms with van der Waals surface area (Å²) in [5.74, 6) is 3.69. The van der Waals surface area contributed by atoms with Crippen LogP contribution < -0.4 is 10.1 Å². The fourth-order valence-electron chi connectivity index (χ4n) is 2.44. The topological polar surface area (TPSA) is 21.3 Å². The highest BCUT2D eigenvalue weighted by Gasteiger charge is 2.25. The third-order valence-electron chi connectivity index (χ3n) is 3.46. The minimum absolute atomic E-state index is 0.216. The van der Waals surface area contributed by atoms with Crippen molar-refractivity contribution in [2.24, 2.45) is 0 Å². The fraction of sp³-hybridized carbons (Fsp3) is 0.600. The summed E-state index contributed by atoms with van der Waals surface area (Å²) in [6.07, 6.45) is 0.717. The lowest BCUT2D eigenvalue weighted by Crippen LogP contribution is -2.42. The van der Waals surface area contributed by atoms with Gasteiger partial charge in [0.15, 0.2) is 11.6 Å². The summed E-state index contributed by atoms with van der Waals surface area (Å²) in [6.45, 7) is 3.02. The standard InChI is InChI=1S/C15H22FNOS2/c1-3-17-12(14-10-19-7-8-20-14)9-11-5-4-6-13(18-2)15(11)16/h4-6,12,14,17H,3,7-10H2,1-2H3. The summed E-state index contributed by atoms with van der Waals surface area (Å²) in [5, 5.41) is 4.08. The number of halogens is 1. The van der Waals surface area contributed by atoms with E-state index in [1.165, 1.54) is 18.6 Å². The Morgan fingerprint density at radius 2 is 2.30 bits per heavy atom. The maximum Gasteiger partial charge on any atom is 0.168 e. The van der Waals surface area contributed by atoms with Crippen LogP contribution >= 0.6 is 23.5 Å². The molecule has 112 valence electrons. The van der Waals surface area contributed by atoms with Gasteiger partial charge in [-0.3, -0.25) is 0 Å². The first-order chi connectivity index (χ1) is 9.76. The highest BCUT2D eigenvalue weighted by atomic mass is 32.2. The molecule has 1 aromatic rings. The van der Waals surface area contributed by atoms with Crippen molar-refractivity contribution in [1.29, 1.82) is 0 Å². The number of hydrogen-bond donors (Lipinski definition) is 1. The van der Waals surface area contributed by atoms with E-state index in [4.69, 9.17) is 4.74 Å². The lowest BCUT2D eigenvalue weighted by Gasteiger charge is -2.30. The molecule has 1 aliphatic heterocycles. The molecule has 1 fully saturated rings. The van der Waals surface area contributed by atoms with Crippen molar-refractivity contribution in [3.8, 4) is 5.75 Å². The van der Waals surface area contributed by atoms with Crippen LogP contribution in [0.4, 0.5) is 4.39 Å². The summed E-state index contributed by atoms with van der Waals surface area (Å²) < 4.78 is 19.3. The van der Waals surface area contributed by atoms with Crippen LogP contribution in [0.5, 0.6) is 5.75 Å². The number of benzene rings is 1. The Bertz CT molecular complexity index is 424. The second-order valence-electron chi connectivity index (χ2n) is 4.79. The van der Waals surface area contributed by atoms with Gasteiger partial charge in [-0.05, 0) is 24.6 Å². The zero-order valence-corrected chi connectivity index (χ0v) is 13.7. The molecule has 0 saturated carbocycles. The van der Waals surface area contributed by atoms with Gasteiger partial charge in [-0.15, -0.1) is 0 Å². The van der Waals surface area contributed by atoms with E-state index in [1.54, 1.807) is 6.07 Å². The Balaban J connectivity index is 2.10. The number of methoxy groups -OCH3 is 1. The minimum atomic E-state index is -0.216. The molecule has 1 aliphatic rings. The molecule has 1 aromatic carbocycles. The maximum atomic E-state index is 14.3. The van der Waals surface area contributed by atoms with Crippen LogP contribution in [0.15, 0.2) is 18.2 Å². The first-order valence-electron chi connectivity index (χ1n) is 7.00. The first kappa shape index (κ1) is 16.0. The molecule has 0 amide bonds. The third kappa shape index (κ3) is 4.06. The van der Waals surface area contributed by atoms with E-state index >= 15 is 0 Å². The van der Waals surface area contributed by atoms with Gasteiger partial charge in [0, 0.05) is 28.6 Å². The van der Waals surface area contributed by atoms with E-state index in [0.29, 0.717) is 17.0 Å². The Hall–Kier alpha value is -0.390.